The molecular weight excluding hydrogens is 146 g/mol. The standard InChI is InChI=1S/C7H13NO3/c1-7(2,3)11-6(10)5(9)8-4/h1-4H3,(H,8,9). The molecule has 11 heavy (non-hydrogen) atoms. The van der Waals surface area contributed by atoms with Gasteiger partial charge in [0.25, 0.3) is 0 Å². The summed E-state index contributed by atoms with van der Waals surface area (Å²) in [6.45, 7) is 5.11. The molecule has 64 valence electrons. The first kappa shape index (κ1) is 9.94. The van der Waals surface area contributed by atoms with Gasteiger partial charge in [-0.1, -0.05) is 0 Å². The zero-order chi connectivity index (χ0) is 9.07. The number of likely N-dealkylation sites (N-methyl/N-ethyl adjacent to an activating group) is 1. The predicted molar refractivity (Wildman–Crippen MR) is 39.9 cm³/mol. The van der Waals surface area contributed by atoms with Gasteiger partial charge < -0.3 is 10.1 Å². The highest BCUT2D eigenvalue weighted by atomic mass is 16.6. The van der Waals surface area contributed by atoms with Crippen molar-refractivity contribution in [3.8, 4) is 0 Å². The van der Waals surface area contributed by atoms with Crippen molar-refractivity contribution < 1.29 is 14.3 Å². The molecule has 0 unspecified atom stereocenters. The number of hydrogen-bond donors (Lipinski definition) is 1. The molecule has 0 aliphatic rings. The third-order valence-electron chi connectivity index (χ3n) is 0.811. The van der Waals surface area contributed by atoms with Gasteiger partial charge in [-0.25, -0.2) is 4.79 Å². The molecule has 4 heteroatoms. The Kier molecular flexibility index (Phi) is 3.04. The van der Waals surface area contributed by atoms with Crippen LogP contribution in [0.3, 0.4) is 0 Å². The van der Waals surface area contributed by atoms with Crippen LogP contribution in [0.5, 0.6) is 0 Å². The molecule has 0 saturated heterocycles. The molecule has 0 saturated carbocycles. The molecular formula is C7H13NO3. The van der Waals surface area contributed by atoms with Gasteiger partial charge in [-0.3, -0.25) is 4.79 Å². The summed E-state index contributed by atoms with van der Waals surface area (Å²) >= 11 is 0. The second kappa shape index (κ2) is 3.37. The first-order valence-corrected chi connectivity index (χ1v) is 3.32. The summed E-state index contributed by atoms with van der Waals surface area (Å²) in [7, 11) is 1.38. The second-order valence-electron chi connectivity index (χ2n) is 3.08. The molecule has 0 aromatic heterocycles. The van der Waals surface area contributed by atoms with Gasteiger partial charge in [0.15, 0.2) is 0 Å². The summed E-state index contributed by atoms with van der Waals surface area (Å²) in [5.41, 5.74) is -0.608. The van der Waals surface area contributed by atoms with Crippen molar-refractivity contribution in [1.82, 2.24) is 5.32 Å². The topological polar surface area (TPSA) is 55.4 Å². The van der Waals surface area contributed by atoms with Crippen molar-refractivity contribution in [2.75, 3.05) is 7.05 Å². The Bertz CT molecular complexity index is 169. The quantitative estimate of drug-likeness (QED) is 0.402. The van der Waals surface area contributed by atoms with Gasteiger partial charge >= 0.3 is 11.9 Å². The van der Waals surface area contributed by atoms with Crippen LogP contribution in [0.15, 0.2) is 0 Å². The number of rotatable bonds is 0. The molecule has 0 fully saturated rings. The van der Waals surface area contributed by atoms with E-state index >= 15 is 0 Å². The number of hydrogen-bond acceptors (Lipinski definition) is 3. The first-order chi connectivity index (χ1) is 4.87. The zero-order valence-corrected chi connectivity index (χ0v) is 7.22. The number of amides is 1. The van der Waals surface area contributed by atoms with Gasteiger partial charge in [0.05, 0.1) is 0 Å². The van der Waals surface area contributed by atoms with E-state index in [0.717, 1.165) is 0 Å². The molecule has 0 aromatic carbocycles. The van der Waals surface area contributed by atoms with Gasteiger partial charge in [0.1, 0.15) is 5.60 Å². The van der Waals surface area contributed by atoms with Gasteiger partial charge in [0.2, 0.25) is 0 Å². The van der Waals surface area contributed by atoms with Crippen LogP contribution >= 0.6 is 0 Å². The van der Waals surface area contributed by atoms with Crippen molar-refractivity contribution >= 4 is 11.9 Å². The summed E-state index contributed by atoms with van der Waals surface area (Å²) in [5, 5.41) is 2.17. The van der Waals surface area contributed by atoms with Gasteiger partial charge in [-0.15, -0.1) is 0 Å². The lowest BCUT2D eigenvalue weighted by molar-refractivity contribution is -0.163. The highest BCUT2D eigenvalue weighted by Crippen LogP contribution is 2.06. The van der Waals surface area contributed by atoms with E-state index in [1.54, 1.807) is 20.8 Å². The monoisotopic (exact) mass is 159 g/mol. The average molecular weight is 159 g/mol. The summed E-state index contributed by atoms with van der Waals surface area (Å²) in [4.78, 5) is 21.4. The SMILES string of the molecule is CNC(=O)C(=O)OC(C)(C)C. The van der Waals surface area contributed by atoms with Crippen LogP contribution in [0.4, 0.5) is 0 Å². The predicted octanol–water partition coefficient (Wildman–Crippen LogP) is 0.0741. The maximum atomic E-state index is 10.8. The van der Waals surface area contributed by atoms with Crippen LogP contribution in [0.2, 0.25) is 0 Å². The normalized spacial score (nSPS) is 10.5. The number of carbonyl (C=O) groups is 2. The third-order valence-corrected chi connectivity index (χ3v) is 0.811. The molecule has 0 aromatic rings. The van der Waals surface area contributed by atoms with E-state index in [2.05, 4.69) is 5.32 Å². The van der Waals surface area contributed by atoms with Crippen LogP contribution < -0.4 is 5.32 Å². The highest BCUT2D eigenvalue weighted by Gasteiger charge is 2.21. The maximum Gasteiger partial charge on any atom is 0.397 e. The number of carbonyl (C=O) groups excluding carboxylic acids is 2. The van der Waals surface area contributed by atoms with Crippen molar-refractivity contribution in [2.24, 2.45) is 0 Å². The Labute approximate surface area is 65.9 Å². The Balaban J connectivity index is 3.99. The van der Waals surface area contributed by atoms with E-state index in [1.807, 2.05) is 0 Å². The summed E-state index contributed by atoms with van der Waals surface area (Å²) < 4.78 is 4.74. The van der Waals surface area contributed by atoms with E-state index in [0.29, 0.717) is 0 Å². The number of nitrogens with one attached hydrogen (secondary N) is 1. The van der Waals surface area contributed by atoms with E-state index in [4.69, 9.17) is 4.74 Å². The smallest absolute Gasteiger partial charge is 0.397 e. The van der Waals surface area contributed by atoms with E-state index in [-0.39, 0.29) is 0 Å². The lowest BCUT2D eigenvalue weighted by Crippen LogP contribution is -2.35. The lowest BCUT2D eigenvalue weighted by atomic mass is 10.2. The van der Waals surface area contributed by atoms with E-state index in [1.165, 1.54) is 7.05 Å². The minimum atomic E-state index is -0.847. The Morgan fingerprint density at radius 2 is 1.73 bits per heavy atom. The molecule has 0 radical (unpaired) electrons. The number of esters is 1. The second-order valence-corrected chi connectivity index (χ2v) is 3.08. The Hall–Kier alpha value is -1.06. The molecule has 1 N–H and O–H groups in total. The Morgan fingerprint density at radius 1 is 1.27 bits per heavy atom. The van der Waals surface area contributed by atoms with Crippen molar-refractivity contribution in [1.29, 1.82) is 0 Å². The van der Waals surface area contributed by atoms with Crippen molar-refractivity contribution in [3.05, 3.63) is 0 Å². The van der Waals surface area contributed by atoms with E-state index < -0.39 is 17.5 Å². The molecule has 0 rings (SSSR count). The number of ether oxygens (including phenoxy) is 1. The van der Waals surface area contributed by atoms with Crippen LogP contribution in [0.1, 0.15) is 20.8 Å². The summed E-state index contributed by atoms with van der Waals surface area (Å²) in [5.74, 6) is -1.57. The Morgan fingerprint density at radius 3 is 2.00 bits per heavy atom. The van der Waals surface area contributed by atoms with E-state index in [9.17, 15) is 9.59 Å². The van der Waals surface area contributed by atoms with Crippen LogP contribution in [-0.4, -0.2) is 24.5 Å². The van der Waals surface area contributed by atoms with Crippen LogP contribution in [0.25, 0.3) is 0 Å². The summed E-state index contributed by atoms with van der Waals surface area (Å²) in [6.07, 6.45) is 0. The molecule has 0 aliphatic carbocycles. The minimum absolute atomic E-state index is 0.608. The molecule has 0 atom stereocenters. The third kappa shape index (κ3) is 4.36. The zero-order valence-electron chi connectivity index (χ0n) is 7.22. The molecule has 0 spiro atoms. The fourth-order valence-electron chi connectivity index (χ4n) is 0.427. The first-order valence-electron chi connectivity index (χ1n) is 3.32. The molecule has 0 heterocycles. The van der Waals surface area contributed by atoms with Gasteiger partial charge in [-0.05, 0) is 20.8 Å². The minimum Gasteiger partial charge on any atom is -0.453 e. The summed E-state index contributed by atoms with van der Waals surface area (Å²) in [6, 6.07) is 0. The molecule has 0 aliphatic heterocycles. The van der Waals surface area contributed by atoms with Crippen molar-refractivity contribution in [3.63, 3.8) is 0 Å². The van der Waals surface area contributed by atoms with Gasteiger partial charge in [0, 0.05) is 7.05 Å². The lowest BCUT2D eigenvalue weighted by Gasteiger charge is -2.18. The van der Waals surface area contributed by atoms with Gasteiger partial charge in [-0.2, -0.15) is 0 Å². The fourth-order valence-corrected chi connectivity index (χ4v) is 0.427. The molecule has 1 amide bonds. The van der Waals surface area contributed by atoms with Crippen LogP contribution in [0, 0.1) is 0 Å². The van der Waals surface area contributed by atoms with Crippen molar-refractivity contribution in [2.45, 2.75) is 26.4 Å². The van der Waals surface area contributed by atoms with Crippen LogP contribution in [-0.2, 0) is 14.3 Å². The molecule has 4 nitrogen and oxygen atoms in total. The fraction of sp³-hybridized carbons (Fsp3) is 0.714. The highest BCUT2D eigenvalue weighted by molar-refractivity contribution is 6.32. The maximum absolute atomic E-state index is 10.8. The average Bonchev–Trinajstić information content (AvgIpc) is 1.82. The molecule has 0 bridgehead atoms. The largest absolute Gasteiger partial charge is 0.453 e.